The number of benzene rings is 2. The third kappa shape index (κ3) is 4.06. The van der Waals surface area contributed by atoms with Gasteiger partial charge in [0.15, 0.2) is 6.61 Å². The van der Waals surface area contributed by atoms with Gasteiger partial charge in [-0.2, -0.15) is 5.26 Å². The lowest BCUT2D eigenvalue weighted by Gasteiger charge is -2.27. The maximum atomic E-state index is 12.8. The summed E-state index contributed by atoms with van der Waals surface area (Å²) in [5.41, 5.74) is 4.60. The number of Topliss-reactive ketones (excluding diaryl/α,β-unsaturated/α-hetero) is 1. The second-order valence-corrected chi connectivity index (χ2v) is 7.73. The number of nitriles is 1. The Morgan fingerprint density at radius 2 is 1.62 bits per heavy atom. The maximum Gasteiger partial charge on any atom is 0.338 e. The van der Waals surface area contributed by atoms with Crippen molar-refractivity contribution in [2.24, 2.45) is 0 Å². The van der Waals surface area contributed by atoms with Crippen LogP contribution < -0.4 is 20.2 Å². The second-order valence-electron chi connectivity index (χ2n) is 7.73. The highest BCUT2D eigenvalue weighted by atomic mass is 16.5. The Morgan fingerprint density at radius 3 is 2.21 bits per heavy atom. The first-order chi connectivity index (χ1) is 16.3. The number of para-hydroxylation sites is 2. The first kappa shape index (κ1) is 22.5. The molecule has 2 amide bonds. The average Bonchev–Trinajstić information content (AvgIpc) is 3.10. The highest BCUT2D eigenvalue weighted by molar-refractivity contribution is 6.05. The number of nitrogens with zero attached hydrogens (tertiary/aromatic N) is 4. The molecule has 4 rings (SSSR count). The molecule has 172 valence electrons. The third-order valence-electron chi connectivity index (χ3n) is 5.60. The molecule has 0 unspecified atom stereocenters. The van der Waals surface area contributed by atoms with Crippen molar-refractivity contribution in [2.45, 2.75) is 12.8 Å². The van der Waals surface area contributed by atoms with Crippen molar-refractivity contribution >= 4 is 40.6 Å². The number of rotatable bonds is 5. The van der Waals surface area contributed by atoms with Gasteiger partial charge in [0, 0.05) is 26.9 Å². The molecule has 2 heterocycles. The molecule has 1 fully saturated rings. The van der Waals surface area contributed by atoms with Crippen LogP contribution in [0.4, 0.5) is 17.1 Å². The van der Waals surface area contributed by atoms with Gasteiger partial charge in [-0.05, 0) is 36.4 Å². The van der Waals surface area contributed by atoms with Gasteiger partial charge < -0.3 is 14.5 Å². The molecule has 0 radical (unpaired) electrons. The topological polar surface area (TPSA) is 123 Å². The molecule has 10 heteroatoms. The van der Waals surface area contributed by atoms with Crippen LogP contribution >= 0.6 is 0 Å². The van der Waals surface area contributed by atoms with Crippen LogP contribution in [-0.4, -0.2) is 44.3 Å². The monoisotopic (exact) mass is 459 g/mol. The number of carbonyl (C=O) groups excluding carboxylic acids is 4. The summed E-state index contributed by atoms with van der Waals surface area (Å²) >= 11 is 0. The van der Waals surface area contributed by atoms with Crippen molar-refractivity contribution in [3.8, 4) is 6.07 Å². The SMILES string of the molecule is CN1C(=C(C#N)C(=O)COC(=O)c2ccc(N3NC(=O)CCC3=O)cc2)N(C)c2ccccc21. The van der Waals surface area contributed by atoms with E-state index in [1.807, 2.05) is 30.3 Å². The molecule has 0 saturated carbocycles. The molecule has 0 spiro atoms. The highest BCUT2D eigenvalue weighted by Crippen LogP contribution is 2.40. The van der Waals surface area contributed by atoms with Crippen molar-refractivity contribution in [3.05, 3.63) is 65.5 Å². The third-order valence-corrected chi connectivity index (χ3v) is 5.60. The fraction of sp³-hybridized carbons (Fsp3) is 0.208. The van der Waals surface area contributed by atoms with Crippen LogP contribution in [0.5, 0.6) is 0 Å². The van der Waals surface area contributed by atoms with Crippen LogP contribution in [0.1, 0.15) is 23.2 Å². The van der Waals surface area contributed by atoms with E-state index in [9.17, 15) is 24.4 Å². The van der Waals surface area contributed by atoms with Crippen molar-refractivity contribution in [3.63, 3.8) is 0 Å². The fourth-order valence-electron chi connectivity index (χ4n) is 3.87. The number of hydrogen-bond acceptors (Lipinski definition) is 8. The number of ether oxygens (including phenoxy) is 1. The zero-order valence-electron chi connectivity index (χ0n) is 18.6. The van der Waals surface area contributed by atoms with Crippen molar-refractivity contribution < 1.29 is 23.9 Å². The minimum atomic E-state index is -0.757. The van der Waals surface area contributed by atoms with Crippen LogP contribution in [0.2, 0.25) is 0 Å². The minimum Gasteiger partial charge on any atom is -0.454 e. The lowest BCUT2D eigenvalue weighted by Crippen LogP contribution is -2.50. The molecule has 2 aliphatic rings. The maximum absolute atomic E-state index is 12.8. The van der Waals surface area contributed by atoms with E-state index >= 15 is 0 Å². The molecular weight excluding hydrogens is 438 g/mol. The molecule has 2 aromatic carbocycles. The largest absolute Gasteiger partial charge is 0.454 e. The Labute approximate surface area is 195 Å². The first-order valence-corrected chi connectivity index (χ1v) is 10.5. The molecular formula is C24H21N5O5. The summed E-state index contributed by atoms with van der Waals surface area (Å²) in [5, 5.41) is 10.8. The van der Waals surface area contributed by atoms with Gasteiger partial charge in [0.25, 0.3) is 0 Å². The summed E-state index contributed by atoms with van der Waals surface area (Å²) in [4.78, 5) is 52.3. The van der Waals surface area contributed by atoms with Gasteiger partial charge in [0.05, 0.1) is 22.6 Å². The number of esters is 1. The summed E-state index contributed by atoms with van der Waals surface area (Å²) < 4.78 is 5.14. The van der Waals surface area contributed by atoms with E-state index in [1.165, 1.54) is 24.3 Å². The van der Waals surface area contributed by atoms with Gasteiger partial charge >= 0.3 is 5.97 Å². The predicted octanol–water partition coefficient (Wildman–Crippen LogP) is 1.89. The summed E-state index contributed by atoms with van der Waals surface area (Å²) in [6.07, 6.45) is 0.232. The summed E-state index contributed by atoms with van der Waals surface area (Å²) in [6, 6.07) is 15.3. The summed E-state index contributed by atoms with van der Waals surface area (Å²) in [6.45, 7) is -0.605. The fourth-order valence-corrected chi connectivity index (χ4v) is 3.87. The standard InChI is InChI=1S/C24H21N5O5/c1-27-18-5-3-4-6-19(18)28(2)23(27)17(13-25)20(30)14-34-24(33)15-7-9-16(10-8-15)29-22(32)12-11-21(31)26-29/h3-10H,11-12,14H2,1-2H3,(H,26,31). The Balaban J connectivity index is 1.44. The zero-order valence-corrected chi connectivity index (χ0v) is 18.6. The molecule has 0 atom stereocenters. The van der Waals surface area contributed by atoms with Gasteiger partial charge in [-0.25, -0.2) is 9.80 Å². The first-order valence-electron chi connectivity index (χ1n) is 10.5. The van der Waals surface area contributed by atoms with Gasteiger partial charge in [-0.3, -0.25) is 19.8 Å². The molecule has 2 aromatic rings. The molecule has 0 aliphatic carbocycles. The molecule has 2 aliphatic heterocycles. The van der Waals surface area contributed by atoms with Crippen LogP contribution in [0.25, 0.3) is 0 Å². The van der Waals surface area contributed by atoms with Gasteiger partial charge in [0.2, 0.25) is 17.6 Å². The number of fused-ring (bicyclic) bond motifs is 1. The van der Waals surface area contributed by atoms with Crippen LogP contribution in [0.15, 0.2) is 59.9 Å². The molecule has 1 N–H and O–H groups in total. The lowest BCUT2D eigenvalue weighted by molar-refractivity contribution is -0.130. The van der Waals surface area contributed by atoms with E-state index in [-0.39, 0.29) is 35.8 Å². The Kier molecular flexibility index (Phi) is 6.01. The zero-order chi connectivity index (χ0) is 24.4. The second kappa shape index (κ2) is 9.07. The molecule has 1 saturated heterocycles. The van der Waals surface area contributed by atoms with Crippen LogP contribution in [-0.2, 0) is 19.1 Å². The minimum absolute atomic E-state index is 0.101. The molecule has 0 aromatic heterocycles. The Hall–Kier alpha value is -4.65. The van der Waals surface area contributed by atoms with E-state index in [0.717, 1.165) is 16.4 Å². The smallest absolute Gasteiger partial charge is 0.338 e. The number of anilines is 3. The van der Waals surface area contributed by atoms with E-state index in [1.54, 1.807) is 23.9 Å². The molecule has 10 nitrogen and oxygen atoms in total. The number of amides is 2. The summed E-state index contributed by atoms with van der Waals surface area (Å²) in [7, 11) is 3.51. The van der Waals surface area contributed by atoms with Crippen LogP contribution in [0.3, 0.4) is 0 Å². The Morgan fingerprint density at radius 1 is 1.00 bits per heavy atom. The van der Waals surface area contributed by atoms with Crippen molar-refractivity contribution in [1.29, 1.82) is 5.26 Å². The summed E-state index contributed by atoms with van der Waals surface area (Å²) in [5.74, 6) is -1.52. The molecule has 34 heavy (non-hydrogen) atoms. The Bertz CT molecular complexity index is 1230. The predicted molar refractivity (Wildman–Crippen MR) is 122 cm³/mol. The quantitative estimate of drug-likeness (QED) is 0.409. The van der Waals surface area contributed by atoms with E-state index < -0.39 is 18.4 Å². The van der Waals surface area contributed by atoms with Crippen molar-refractivity contribution in [2.75, 3.05) is 35.5 Å². The van der Waals surface area contributed by atoms with E-state index in [0.29, 0.717) is 11.5 Å². The van der Waals surface area contributed by atoms with Gasteiger partial charge in [-0.1, -0.05) is 12.1 Å². The lowest BCUT2D eigenvalue weighted by atomic mass is 10.1. The number of nitrogens with one attached hydrogen (secondary N) is 1. The van der Waals surface area contributed by atoms with E-state index in [2.05, 4.69) is 5.43 Å². The normalized spacial score (nSPS) is 15.0. The number of hydrogen-bond donors (Lipinski definition) is 1. The molecule has 0 bridgehead atoms. The average molecular weight is 459 g/mol. The van der Waals surface area contributed by atoms with Gasteiger partial charge in [-0.15, -0.1) is 0 Å². The number of carbonyl (C=O) groups is 4. The number of ketones is 1. The van der Waals surface area contributed by atoms with E-state index in [4.69, 9.17) is 4.74 Å². The van der Waals surface area contributed by atoms with Gasteiger partial charge in [0.1, 0.15) is 17.5 Å². The highest BCUT2D eigenvalue weighted by Gasteiger charge is 2.31. The van der Waals surface area contributed by atoms with Crippen LogP contribution in [0, 0.1) is 11.3 Å². The number of hydrazine groups is 1. The van der Waals surface area contributed by atoms with Crippen molar-refractivity contribution in [1.82, 2.24) is 5.43 Å².